The predicted octanol–water partition coefficient (Wildman–Crippen LogP) is 2.82. The molecule has 3 nitrogen and oxygen atoms in total. The number of aliphatic carboxylic acids is 1. The smallest absolute Gasteiger partial charge is 0.307 e. The van der Waals surface area contributed by atoms with Crippen LogP contribution in [-0.4, -0.2) is 16.9 Å². The summed E-state index contributed by atoms with van der Waals surface area (Å²) in [5.74, 6) is -3.21. The number of carbonyl (C=O) groups is 2. The second-order valence-corrected chi connectivity index (χ2v) is 6.05. The van der Waals surface area contributed by atoms with Crippen LogP contribution in [0.25, 0.3) is 0 Å². The van der Waals surface area contributed by atoms with Crippen LogP contribution in [0.2, 0.25) is 0 Å². The Kier molecular flexibility index (Phi) is 3.11. The summed E-state index contributed by atoms with van der Waals surface area (Å²) in [7, 11) is 0. The standard InChI is InChI=1S/C16H16F2O3/c1-2-16-11(13(16)15(20)21)7-9(14(16)19)5-8-6-10(17)3-4-12(8)18/h3-4,6,9,11,13H,2,5,7H2,1H3,(H,20,21). The molecule has 1 aromatic carbocycles. The van der Waals surface area contributed by atoms with Crippen LogP contribution in [0.3, 0.4) is 0 Å². The Bertz CT molecular complexity index is 628. The van der Waals surface area contributed by atoms with Crippen molar-refractivity contribution in [3.63, 3.8) is 0 Å². The summed E-state index contributed by atoms with van der Waals surface area (Å²) in [6.45, 7) is 1.82. The lowest BCUT2D eigenvalue weighted by Crippen LogP contribution is -2.26. The number of rotatable bonds is 4. The van der Waals surface area contributed by atoms with Gasteiger partial charge in [0.2, 0.25) is 0 Å². The fraction of sp³-hybridized carbons (Fsp3) is 0.500. The van der Waals surface area contributed by atoms with Crippen molar-refractivity contribution in [1.29, 1.82) is 0 Å². The predicted molar refractivity (Wildman–Crippen MR) is 70.5 cm³/mol. The summed E-state index contributed by atoms with van der Waals surface area (Å²) in [6.07, 6.45) is 1.10. The molecule has 112 valence electrons. The first-order valence-electron chi connectivity index (χ1n) is 7.12. The Labute approximate surface area is 121 Å². The van der Waals surface area contributed by atoms with Crippen molar-refractivity contribution in [2.24, 2.45) is 23.2 Å². The first-order valence-corrected chi connectivity index (χ1v) is 7.12. The minimum Gasteiger partial charge on any atom is -0.481 e. The van der Waals surface area contributed by atoms with Crippen molar-refractivity contribution in [2.75, 3.05) is 0 Å². The molecule has 0 heterocycles. The van der Waals surface area contributed by atoms with Gasteiger partial charge in [-0.1, -0.05) is 6.92 Å². The van der Waals surface area contributed by atoms with Gasteiger partial charge in [0.05, 0.1) is 5.92 Å². The highest BCUT2D eigenvalue weighted by atomic mass is 19.1. The highest BCUT2D eigenvalue weighted by Gasteiger charge is 2.75. The Morgan fingerprint density at radius 1 is 1.43 bits per heavy atom. The van der Waals surface area contributed by atoms with Gasteiger partial charge in [-0.3, -0.25) is 9.59 Å². The van der Waals surface area contributed by atoms with Crippen molar-refractivity contribution in [2.45, 2.75) is 26.2 Å². The fourth-order valence-electron chi connectivity index (χ4n) is 4.18. The molecule has 0 saturated heterocycles. The summed E-state index contributed by atoms with van der Waals surface area (Å²) in [6, 6.07) is 3.21. The minimum absolute atomic E-state index is 0.0916. The molecule has 0 aromatic heterocycles. The number of carboxylic acid groups (broad SMARTS) is 1. The van der Waals surface area contributed by atoms with E-state index in [2.05, 4.69) is 0 Å². The lowest BCUT2D eigenvalue weighted by Gasteiger charge is -2.17. The minimum atomic E-state index is -0.925. The number of Topliss-reactive ketones (excluding diaryl/α,β-unsaturated/α-hetero) is 1. The van der Waals surface area contributed by atoms with Gasteiger partial charge in [0, 0.05) is 11.3 Å². The second kappa shape index (κ2) is 4.61. The molecule has 1 N–H and O–H groups in total. The van der Waals surface area contributed by atoms with E-state index in [-0.39, 0.29) is 23.7 Å². The zero-order valence-electron chi connectivity index (χ0n) is 11.6. The number of fused-ring (bicyclic) bond motifs is 1. The van der Waals surface area contributed by atoms with Crippen LogP contribution in [0.4, 0.5) is 8.78 Å². The Morgan fingerprint density at radius 3 is 2.71 bits per heavy atom. The van der Waals surface area contributed by atoms with Crippen LogP contribution >= 0.6 is 0 Å². The molecular formula is C16H16F2O3. The number of benzene rings is 1. The first-order chi connectivity index (χ1) is 9.91. The summed E-state index contributed by atoms with van der Waals surface area (Å²) < 4.78 is 26.9. The van der Waals surface area contributed by atoms with Crippen LogP contribution in [0, 0.1) is 34.8 Å². The van der Waals surface area contributed by atoms with Crippen molar-refractivity contribution >= 4 is 11.8 Å². The Balaban J connectivity index is 1.81. The third-order valence-electron chi connectivity index (χ3n) is 5.20. The number of hydrogen-bond donors (Lipinski definition) is 1. The van der Waals surface area contributed by atoms with E-state index in [1.165, 1.54) is 0 Å². The molecular weight excluding hydrogens is 278 g/mol. The van der Waals surface area contributed by atoms with E-state index >= 15 is 0 Å². The van der Waals surface area contributed by atoms with Gasteiger partial charge in [-0.15, -0.1) is 0 Å². The highest BCUT2D eigenvalue weighted by Crippen LogP contribution is 2.69. The monoisotopic (exact) mass is 294 g/mol. The van der Waals surface area contributed by atoms with Crippen LogP contribution in [0.5, 0.6) is 0 Å². The molecule has 21 heavy (non-hydrogen) atoms. The average Bonchev–Trinajstić information content (AvgIpc) is 3.02. The van der Waals surface area contributed by atoms with Gasteiger partial charge < -0.3 is 5.11 Å². The Hall–Kier alpha value is -1.78. The van der Waals surface area contributed by atoms with E-state index in [0.717, 1.165) is 18.2 Å². The molecule has 0 aliphatic heterocycles. The maximum atomic E-state index is 13.7. The van der Waals surface area contributed by atoms with E-state index in [0.29, 0.717) is 12.8 Å². The number of ketones is 1. The number of carboxylic acids is 1. The zero-order chi connectivity index (χ0) is 15.4. The number of halogens is 2. The van der Waals surface area contributed by atoms with E-state index in [1.807, 2.05) is 6.92 Å². The normalized spacial score (nSPS) is 33.9. The SMILES string of the molecule is CCC12C(=O)C(Cc3cc(F)ccc3F)CC1C2C(=O)O. The molecule has 0 spiro atoms. The zero-order valence-corrected chi connectivity index (χ0v) is 11.6. The van der Waals surface area contributed by atoms with E-state index in [1.54, 1.807) is 0 Å². The van der Waals surface area contributed by atoms with Crippen LogP contribution in [-0.2, 0) is 16.0 Å². The van der Waals surface area contributed by atoms with Gasteiger partial charge in [0.25, 0.3) is 0 Å². The maximum absolute atomic E-state index is 13.7. The fourth-order valence-corrected chi connectivity index (χ4v) is 4.18. The van der Waals surface area contributed by atoms with Gasteiger partial charge >= 0.3 is 5.97 Å². The Morgan fingerprint density at radius 2 is 2.14 bits per heavy atom. The quantitative estimate of drug-likeness (QED) is 0.929. The van der Waals surface area contributed by atoms with E-state index in [9.17, 15) is 18.4 Å². The van der Waals surface area contributed by atoms with Crippen LogP contribution in [0.15, 0.2) is 18.2 Å². The molecule has 2 fully saturated rings. The van der Waals surface area contributed by atoms with E-state index < -0.39 is 34.9 Å². The molecule has 2 aliphatic rings. The highest BCUT2D eigenvalue weighted by molar-refractivity contribution is 5.99. The molecule has 1 aromatic rings. The van der Waals surface area contributed by atoms with Gasteiger partial charge in [-0.05, 0) is 48.9 Å². The molecule has 4 unspecified atom stereocenters. The van der Waals surface area contributed by atoms with Gasteiger partial charge in [-0.2, -0.15) is 0 Å². The lowest BCUT2D eigenvalue weighted by atomic mass is 9.86. The number of carbonyl (C=O) groups excluding carboxylic acids is 1. The lowest BCUT2D eigenvalue weighted by molar-refractivity contribution is -0.142. The van der Waals surface area contributed by atoms with Crippen molar-refractivity contribution < 1.29 is 23.5 Å². The molecule has 5 heteroatoms. The summed E-state index contributed by atoms with van der Waals surface area (Å²) in [4.78, 5) is 23.7. The van der Waals surface area contributed by atoms with Gasteiger partial charge in [0.1, 0.15) is 17.4 Å². The van der Waals surface area contributed by atoms with E-state index in [4.69, 9.17) is 5.11 Å². The summed E-state index contributed by atoms with van der Waals surface area (Å²) in [5, 5.41) is 9.17. The second-order valence-electron chi connectivity index (χ2n) is 6.05. The molecule has 0 radical (unpaired) electrons. The molecule has 0 bridgehead atoms. The van der Waals surface area contributed by atoms with Gasteiger partial charge in [0.15, 0.2) is 0 Å². The molecule has 4 atom stereocenters. The van der Waals surface area contributed by atoms with Gasteiger partial charge in [-0.25, -0.2) is 8.78 Å². The topological polar surface area (TPSA) is 54.4 Å². The van der Waals surface area contributed by atoms with Crippen LogP contribution < -0.4 is 0 Å². The van der Waals surface area contributed by atoms with Crippen molar-refractivity contribution in [3.8, 4) is 0 Å². The molecule has 2 aliphatic carbocycles. The third-order valence-corrected chi connectivity index (χ3v) is 5.20. The largest absolute Gasteiger partial charge is 0.481 e. The van der Waals surface area contributed by atoms with Crippen molar-refractivity contribution in [1.82, 2.24) is 0 Å². The maximum Gasteiger partial charge on any atom is 0.307 e. The number of hydrogen-bond acceptors (Lipinski definition) is 2. The van der Waals surface area contributed by atoms with Crippen molar-refractivity contribution in [3.05, 3.63) is 35.4 Å². The first kappa shape index (κ1) is 14.2. The molecule has 0 amide bonds. The summed E-state index contributed by atoms with van der Waals surface area (Å²) in [5.41, 5.74) is -0.576. The average molecular weight is 294 g/mol. The van der Waals surface area contributed by atoms with Crippen LogP contribution in [0.1, 0.15) is 25.3 Å². The molecule has 2 saturated carbocycles. The third kappa shape index (κ3) is 1.90. The summed E-state index contributed by atoms with van der Waals surface area (Å²) >= 11 is 0. The molecule has 3 rings (SSSR count).